The second-order valence-corrected chi connectivity index (χ2v) is 6.90. The van der Waals surface area contributed by atoms with Crippen molar-refractivity contribution in [1.82, 2.24) is 4.90 Å². The monoisotopic (exact) mass is 243 g/mol. The van der Waals surface area contributed by atoms with Gasteiger partial charge in [-0.1, -0.05) is 0 Å². The normalized spacial score (nSPS) is 20.8. The lowest BCUT2D eigenvalue weighted by molar-refractivity contribution is -0.153. The molecule has 102 valence electrons. The van der Waals surface area contributed by atoms with Gasteiger partial charge >= 0.3 is 0 Å². The fourth-order valence-corrected chi connectivity index (χ4v) is 2.00. The van der Waals surface area contributed by atoms with Crippen molar-refractivity contribution >= 4 is 0 Å². The number of ether oxygens (including phenoxy) is 2. The van der Waals surface area contributed by atoms with Gasteiger partial charge in [0.15, 0.2) is 0 Å². The third kappa shape index (κ3) is 5.84. The largest absolute Gasteiger partial charge is 0.352 e. The molecule has 0 radical (unpaired) electrons. The van der Waals surface area contributed by atoms with Crippen LogP contribution in [0.2, 0.25) is 0 Å². The predicted molar refractivity (Wildman–Crippen MR) is 71.1 cm³/mol. The van der Waals surface area contributed by atoms with E-state index in [4.69, 9.17) is 9.47 Å². The molecule has 3 nitrogen and oxygen atoms in total. The van der Waals surface area contributed by atoms with E-state index in [0.717, 1.165) is 25.9 Å². The van der Waals surface area contributed by atoms with Crippen molar-refractivity contribution in [3.05, 3.63) is 0 Å². The van der Waals surface area contributed by atoms with Crippen molar-refractivity contribution in [1.29, 1.82) is 0 Å². The number of nitrogens with zero attached hydrogens (tertiary/aromatic N) is 1. The molecule has 0 N–H and O–H groups in total. The zero-order chi connectivity index (χ0) is 13.1. The highest BCUT2D eigenvalue weighted by atomic mass is 16.7. The van der Waals surface area contributed by atoms with Crippen LogP contribution in [0.1, 0.15) is 54.4 Å². The lowest BCUT2D eigenvalue weighted by Crippen LogP contribution is -2.47. The van der Waals surface area contributed by atoms with Crippen molar-refractivity contribution < 1.29 is 9.47 Å². The van der Waals surface area contributed by atoms with Crippen LogP contribution in [0.5, 0.6) is 0 Å². The molecule has 0 atom stereocenters. The number of piperidine rings is 1. The fraction of sp³-hybridized carbons (Fsp3) is 1.00. The first-order valence-electron chi connectivity index (χ1n) is 6.69. The Morgan fingerprint density at radius 3 is 1.94 bits per heavy atom. The summed E-state index contributed by atoms with van der Waals surface area (Å²) in [5.74, 6) is 0. The molecule has 0 saturated carbocycles. The van der Waals surface area contributed by atoms with Crippen LogP contribution in [0.4, 0.5) is 0 Å². The van der Waals surface area contributed by atoms with Crippen LogP contribution in [-0.4, -0.2) is 42.0 Å². The average molecular weight is 243 g/mol. The summed E-state index contributed by atoms with van der Waals surface area (Å²) in [6.07, 6.45) is 2.60. The summed E-state index contributed by atoms with van der Waals surface area (Å²) in [7, 11) is 0. The Kier molecular flexibility index (Phi) is 4.99. The standard InChI is InChI=1S/C14H29NO2/c1-13(2,3)15-9-7-12(8-10-15)16-11-17-14(4,5)6/h12H,7-11H2,1-6H3. The van der Waals surface area contributed by atoms with Gasteiger partial charge in [0, 0.05) is 18.6 Å². The minimum atomic E-state index is -0.105. The van der Waals surface area contributed by atoms with Crippen LogP contribution in [0.3, 0.4) is 0 Å². The van der Waals surface area contributed by atoms with E-state index in [-0.39, 0.29) is 11.1 Å². The van der Waals surface area contributed by atoms with Gasteiger partial charge < -0.3 is 9.47 Å². The van der Waals surface area contributed by atoms with Gasteiger partial charge in [0.1, 0.15) is 6.79 Å². The second kappa shape index (κ2) is 5.68. The molecule has 0 aromatic rings. The molecular weight excluding hydrogens is 214 g/mol. The lowest BCUT2D eigenvalue weighted by atomic mass is 9.99. The van der Waals surface area contributed by atoms with Crippen LogP contribution in [0, 0.1) is 0 Å². The number of hydrogen-bond acceptors (Lipinski definition) is 3. The first-order valence-corrected chi connectivity index (χ1v) is 6.69. The fourth-order valence-electron chi connectivity index (χ4n) is 2.00. The molecule has 3 heteroatoms. The van der Waals surface area contributed by atoms with Gasteiger partial charge in [-0.2, -0.15) is 0 Å². The van der Waals surface area contributed by atoms with Gasteiger partial charge in [-0.25, -0.2) is 0 Å². The van der Waals surface area contributed by atoms with Crippen LogP contribution >= 0.6 is 0 Å². The number of likely N-dealkylation sites (tertiary alicyclic amines) is 1. The highest BCUT2D eigenvalue weighted by Crippen LogP contribution is 2.21. The van der Waals surface area contributed by atoms with Crippen molar-refractivity contribution in [2.75, 3.05) is 19.9 Å². The van der Waals surface area contributed by atoms with Gasteiger partial charge in [0.25, 0.3) is 0 Å². The van der Waals surface area contributed by atoms with E-state index >= 15 is 0 Å². The Morgan fingerprint density at radius 1 is 1.00 bits per heavy atom. The van der Waals surface area contributed by atoms with Crippen LogP contribution < -0.4 is 0 Å². The molecule has 1 aliphatic rings. The smallest absolute Gasteiger partial charge is 0.147 e. The summed E-state index contributed by atoms with van der Waals surface area (Å²) in [5, 5.41) is 0. The van der Waals surface area contributed by atoms with Crippen LogP contribution in [0.25, 0.3) is 0 Å². The first kappa shape index (κ1) is 14.9. The highest BCUT2D eigenvalue weighted by molar-refractivity contribution is 4.81. The SMILES string of the molecule is CC(C)(C)OCOC1CCN(C(C)(C)C)CC1. The van der Waals surface area contributed by atoms with Gasteiger partial charge in [0.05, 0.1) is 11.7 Å². The van der Waals surface area contributed by atoms with Crippen molar-refractivity contribution in [3.8, 4) is 0 Å². The average Bonchev–Trinajstić information content (AvgIpc) is 2.15. The molecule has 1 heterocycles. The Balaban J connectivity index is 2.20. The van der Waals surface area contributed by atoms with Crippen molar-refractivity contribution in [2.24, 2.45) is 0 Å². The first-order chi connectivity index (χ1) is 7.68. The predicted octanol–water partition coefficient (Wildman–Crippen LogP) is 3.04. The molecular formula is C14H29NO2. The maximum absolute atomic E-state index is 5.77. The Hall–Kier alpha value is -0.120. The third-order valence-corrected chi connectivity index (χ3v) is 3.19. The maximum atomic E-state index is 5.77. The van der Waals surface area contributed by atoms with E-state index in [1.165, 1.54) is 0 Å². The molecule has 1 fully saturated rings. The minimum absolute atomic E-state index is 0.105. The summed E-state index contributed by atoms with van der Waals surface area (Å²) in [6.45, 7) is 15.7. The zero-order valence-corrected chi connectivity index (χ0v) is 12.4. The summed E-state index contributed by atoms with van der Waals surface area (Å²) < 4.78 is 11.4. The number of hydrogen-bond donors (Lipinski definition) is 0. The minimum Gasteiger partial charge on any atom is -0.352 e. The summed E-state index contributed by atoms with van der Waals surface area (Å²) in [4.78, 5) is 2.53. The van der Waals surface area contributed by atoms with Gasteiger partial charge in [0.2, 0.25) is 0 Å². The topological polar surface area (TPSA) is 21.7 Å². The Morgan fingerprint density at radius 2 is 1.53 bits per heavy atom. The molecule has 0 spiro atoms. The Labute approximate surface area is 106 Å². The highest BCUT2D eigenvalue weighted by Gasteiger charge is 2.27. The molecule has 17 heavy (non-hydrogen) atoms. The molecule has 1 aliphatic heterocycles. The number of rotatable bonds is 3. The quantitative estimate of drug-likeness (QED) is 0.711. The van der Waals surface area contributed by atoms with E-state index in [9.17, 15) is 0 Å². The zero-order valence-electron chi connectivity index (χ0n) is 12.4. The molecule has 1 rings (SSSR count). The molecule has 0 amide bonds. The van der Waals surface area contributed by atoms with Gasteiger partial charge in [-0.15, -0.1) is 0 Å². The molecule has 0 bridgehead atoms. The molecule has 1 saturated heterocycles. The molecule has 0 aliphatic carbocycles. The second-order valence-electron chi connectivity index (χ2n) is 6.90. The third-order valence-electron chi connectivity index (χ3n) is 3.19. The van der Waals surface area contributed by atoms with E-state index in [0.29, 0.717) is 12.9 Å². The van der Waals surface area contributed by atoms with E-state index in [1.807, 2.05) is 0 Å². The van der Waals surface area contributed by atoms with Gasteiger partial charge in [-0.05, 0) is 54.4 Å². The van der Waals surface area contributed by atoms with E-state index in [2.05, 4.69) is 46.4 Å². The maximum Gasteiger partial charge on any atom is 0.147 e. The van der Waals surface area contributed by atoms with Crippen molar-refractivity contribution in [3.63, 3.8) is 0 Å². The Bertz CT molecular complexity index is 217. The molecule has 0 aromatic heterocycles. The van der Waals surface area contributed by atoms with Crippen LogP contribution in [0.15, 0.2) is 0 Å². The van der Waals surface area contributed by atoms with Gasteiger partial charge in [-0.3, -0.25) is 4.90 Å². The van der Waals surface area contributed by atoms with Crippen molar-refractivity contribution in [2.45, 2.75) is 71.6 Å². The molecule has 0 unspecified atom stereocenters. The van der Waals surface area contributed by atoms with Crippen LogP contribution in [-0.2, 0) is 9.47 Å². The van der Waals surface area contributed by atoms with E-state index < -0.39 is 0 Å². The lowest BCUT2D eigenvalue weighted by Gasteiger charge is -2.40. The summed E-state index contributed by atoms with van der Waals surface area (Å²) >= 11 is 0. The van der Waals surface area contributed by atoms with E-state index in [1.54, 1.807) is 0 Å². The summed E-state index contributed by atoms with van der Waals surface area (Å²) in [5.41, 5.74) is 0.180. The summed E-state index contributed by atoms with van der Waals surface area (Å²) in [6, 6.07) is 0. The molecule has 0 aromatic carbocycles.